The highest BCUT2D eigenvalue weighted by atomic mass is 79.9. The Hall–Kier alpha value is -1.50. The van der Waals surface area contributed by atoms with E-state index in [0.717, 1.165) is 5.82 Å². The van der Waals surface area contributed by atoms with Gasteiger partial charge in [0.05, 0.1) is 6.54 Å². The lowest BCUT2D eigenvalue weighted by Gasteiger charge is -2.09. The van der Waals surface area contributed by atoms with Gasteiger partial charge in [-0.15, -0.1) is 10.2 Å². The first-order valence-corrected chi connectivity index (χ1v) is 6.01. The molecule has 4 nitrogen and oxygen atoms in total. The fourth-order valence-corrected chi connectivity index (χ4v) is 1.89. The van der Waals surface area contributed by atoms with Gasteiger partial charge in [0, 0.05) is 11.5 Å². The van der Waals surface area contributed by atoms with Gasteiger partial charge in [0.1, 0.15) is 23.1 Å². The van der Waals surface area contributed by atoms with Crippen LogP contribution in [0.1, 0.15) is 11.6 Å². The monoisotopic (exact) mass is 316 g/mol. The van der Waals surface area contributed by atoms with E-state index in [1.807, 2.05) is 0 Å². The zero-order valence-electron chi connectivity index (χ0n) is 9.84. The molecule has 0 saturated heterocycles. The summed E-state index contributed by atoms with van der Waals surface area (Å²) in [6.45, 7) is 2.00. The molecule has 1 heterocycles. The lowest BCUT2D eigenvalue weighted by Crippen LogP contribution is -2.09. The van der Waals surface area contributed by atoms with E-state index in [0.29, 0.717) is 10.3 Å². The minimum Gasteiger partial charge on any atom is -0.373 e. The lowest BCUT2D eigenvalue weighted by molar-refractivity contribution is 0.585. The number of benzene rings is 1. The van der Waals surface area contributed by atoms with Gasteiger partial charge in [0.2, 0.25) is 0 Å². The summed E-state index contributed by atoms with van der Waals surface area (Å²) in [5, 5.41) is 10.5. The fraction of sp³-hybridized carbons (Fsp3) is 0.273. The van der Waals surface area contributed by atoms with Crippen LogP contribution in [0.25, 0.3) is 0 Å². The van der Waals surface area contributed by atoms with Crippen LogP contribution >= 0.6 is 15.9 Å². The number of aryl methyl sites for hydroxylation is 1. The van der Waals surface area contributed by atoms with Gasteiger partial charge in [0.15, 0.2) is 5.82 Å². The number of halogens is 3. The van der Waals surface area contributed by atoms with Crippen molar-refractivity contribution in [3.63, 3.8) is 0 Å². The molecule has 0 radical (unpaired) electrons. The summed E-state index contributed by atoms with van der Waals surface area (Å²) in [4.78, 5) is 0. The van der Waals surface area contributed by atoms with Crippen molar-refractivity contribution in [3.8, 4) is 0 Å². The van der Waals surface area contributed by atoms with Crippen LogP contribution in [0.2, 0.25) is 0 Å². The molecule has 7 heteroatoms. The topological polar surface area (TPSA) is 42.7 Å². The van der Waals surface area contributed by atoms with E-state index in [-0.39, 0.29) is 12.2 Å². The zero-order chi connectivity index (χ0) is 13.3. The Balaban J connectivity index is 2.18. The minimum atomic E-state index is -0.652. The summed E-state index contributed by atoms with van der Waals surface area (Å²) in [5.41, 5.74) is -0.168. The van der Waals surface area contributed by atoms with Crippen LogP contribution in [0.15, 0.2) is 16.6 Å². The molecule has 96 valence electrons. The second kappa shape index (κ2) is 5.01. The average molecular weight is 317 g/mol. The number of hydrogen-bond acceptors (Lipinski definition) is 3. The number of hydrogen-bond donors (Lipinski definition) is 1. The third-order valence-corrected chi connectivity index (χ3v) is 3.07. The highest BCUT2D eigenvalue weighted by Crippen LogP contribution is 2.24. The fourth-order valence-electron chi connectivity index (χ4n) is 1.48. The van der Waals surface area contributed by atoms with Crippen LogP contribution < -0.4 is 5.32 Å². The molecule has 0 spiro atoms. The molecule has 0 aliphatic carbocycles. The molecule has 1 N–H and O–H groups in total. The van der Waals surface area contributed by atoms with Crippen molar-refractivity contribution in [2.45, 2.75) is 13.5 Å². The molecule has 0 bridgehead atoms. The maximum atomic E-state index is 13.5. The summed E-state index contributed by atoms with van der Waals surface area (Å²) < 4.78 is 29.2. The molecule has 0 unspecified atom stereocenters. The molecule has 2 aromatic rings. The molecule has 2 rings (SSSR count). The third kappa shape index (κ3) is 2.50. The number of rotatable bonds is 3. The largest absolute Gasteiger partial charge is 0.373 e. The zero-order valence-corrected chi connectivity index (χ0v) is 11.4. The SMILES string of the molecule is Cc1nnc(CNc2c(F)cc(Br)cc2F)n1C. The highest BCUT2D eigenvalue weighted by Gasteiger charge is 2.12. The van der Waals surface area contributed by atoms with E-state index in [9.17, 15) is 8.78 Å². The highest BCUT2D eigenvalue weighted by molar-refractivity contribution is 9.10. The predicted octanol–water partition coefficient (Wildman–Crippen LogP) is 2.78. The van der Waals surface area contributed by atoms with Crippen LogP contribution in [0.5, 0.6) is 0 Å². The van der Waals surface area contributed by atoms with E-state index in [1.165, 1.54) is 12.1 Å². The third-order valence-electron chi connectivity index (χ3n) is 2.61. The molecule has 0 atom stereocenters. The number of nitrogens with zero attached hydrogens (tertiary/aromatic N) is 3. The van der Waals surface area contributed by atoms with E-state index >= 15 is 0 Å². The van der Waals surface area contributed by atoms with Crippen LogP contribution in [-0.4, -0.2) is 14.8 Å². The average Bonchev–Trinajstić information content (AvgIpc) is 2.59. The van der Waals surface area contributed by atoms with Gasteiger partial charge in [-0.05, 0) is 19.1 Å². The molecule has 1 aromatic heterocycles. The van der Waals surface area contributed by atoms with Crippen LogP contribution in [0.4, 0.5) is 14.5 Å². The lowest BCUT2D eigenvalue weighted by atomic mass is 10.3. The Morgan fingerprint density at radius 3 is 2.39 bits per heavy atom. The van der Waals surface area contributed by atoms with Crippen LogP contribution in [0, 0.1) is 18.6 Å². The van der Waals surface area contributed by atoms with Crippen molar-refractivity contribution >= 4 is 21.6 Å². The second-order valence-electron chi connectivity index (χ2n) is 3.82. The Morgan fingerprint density at radius 1 is 1.28 bits per heavy atom. The summed E-state index contributed by atoms with van der Waals surface area (Å²) in [6.07, 6.45) is 0. The molecular formula is C11H11BrF2N4. The number of aromatic nitrogens is 3. The van der Waals surface area contributed by atoms with Gasteiger partial charge in [-0.25, -0.2) is 8.78 Å². The molecule has 0 amide bonds. The van der Waals surface area contributed by atoms with Crippen molar-refractivity contribution in [1.29, 1.82) is 0 Å². The number of nitrogens with one attached hydrogen (secondary N) is 1. The maximum absolute atomic E-state index is 13.5. The van der Waals surface area contributed by atoms with Gasteiger partial charge < -0.3 is 9.88 Å². The van der Waals surface area contributed by atoms with Crippen molar-refractivity contribution in [2.24, 2.45) is 7.05 Å². The summed E-state index contributed by atoms with van der Waals surface area (Å²) >= 11 is 3.02. The molecule has 0 saturated carbocycles. The molecule has 0 fully saturated rings. The van der Waals surface area contributed by atoms with Crippen molar-refractivity contribution in [3.05, 3.63) is 39.9 Å². The van der Waals surface area contributed by atoms with E-state index in [4.69, 9.17) is 0 Å². The first-order valence-electron chi connectivity index (χ1n) is 5.22. The molecule has 1 aromatic carbocycles. The van der Waals surface area contributed by atoms with Gasteiger partial charge in [-0.1, -0.05) is 15.9 Å². The molecule has 0 aliphatic rings. The first-order chi connectivity index (χ1) is 8.49. The van der Waals surface area contributed by atoms with E-state index in [1.54, 1.807) is 18.5 Å². The van der Waals surface area contributed by atoms with Crippen molar-refractivity contribution in [1.82, 2.24) is 14.8 Å². The van der Waals surface area contributed by atoms with Crippen molar-refractivity contribution < 1.29 is 8.78 Å². The molecule has 18 heavy (non-hydrogen) atoms. The molecule has 0 aliphatic heterocycles. The second-order valence-corrected chi connectivity index (χ2v) is 4.74. The van der Waals surface area contributed by atoms with Gasteiger partial charge in [0.25, 0.3) is 0 Å². The Labute approximate surface area is 111 Å². The minimum absolute atomic E-state index is 0.168. The van der Waals surface area contributed by atoms with Gasteiger partial charge in [-0.3, -0.25) is 0 Å². The van der Waals surface area contributed by atoms with Gasteiger partial charge >= 0.3 is 0 Å². The van der Waals surface area contributed by atoms with Crippen LogP contribution in [0.3, 0.4) is 0 Å². The number of anilines is 1. The quantitative estimate of drug-likeness (QED) is 0.946. The Kier molecular flexibility index (Phi) is 3.60. The smallest absolute Gasteiger partial charge is 0.152 e. The standard InChI is InChI=1S/C11H11BrF2N4/c1-6-16-17-10(18(6)2)5-15-11-8(13)3-7(12)4-9(11)14/h3-4,15H,5H2,1-2H3. The van der Waals surface area contributed by atoms with E-state index < -0.39 is 11.6 Å². The van der Waals surface area contributed by atoms with E-state index in [2.05, 4.69) is 31.4 Å². The Bertz CT molecular complexity index is 559. The summed E-state index contributed by atoms with van der Waals surface area (Å²) in [5.74, 6) is 0.0410. The van der Waals surface area contributed by atoms with Gasteiger partial charge in [-0.2, -0.15) is 0 Å². The summed E-state index contributed by atoms with van der Waals surface area (Å²) in [6, 6.07) is 2.40. The first kappa shape index (κ1) is 12.9. The van der Waals surface area contributed by atoms with Crippen molar-refractivity contribution in [2.75, 3.05) is 5.32 Å². The molecular weight excluding hydrogens is 306 g/mol. The normalized spacial score (nSPS) is 10.7. The predicted molar refractivity (Wildman–Crippen MR) is 67.1 cm³/mol. The Morgan fingerprint density at radius 2 is 1.89 bits per heavy atom. The maximum Gasteiger partial charge on any atom is 0.152 e. The van der Waals surface area contributed by atoms with Crippen LogP contribution in [-0.2, 0) is 13.6 Å². The summed E-state index contributed by atoms with van der Waals surface area (Å²) in [7, 11) is 1.79.